The average Bonchev–Trinajstić information content (AvgIpc) is 2.51. The van der Waals surface area contributed by atoms with Crippen LogP contribution in [0.5, 0.6) is 11.5 Å². The molecule has 0 saturated carbocycles. The van der Waals surface area contributed by atoms with Gasteiger partial charge in [0.25, 0.3) is 0 Å². The van der Waals surface area contributed by atoms with Gasteiger partial charge in [0.1, 0.15) is 11.5 Å². The van der Waals surface area contributed by atoms with Crippen molar-refractivity contribution in [3.05, 3.63) is 72.8 Å². The molecule has 21 heavy (non-hydrogen) atoms. The Bertz CT molecular complexity index is 737. The van der Waals surface area contributed by atoms with Crippen molar-refractivity contribution in [1.82, 2.24) is 0 Å². The number of ether oxygens (including phenoxy) is 1. The molecule has 0 aliphatic carbocycles. The van der Waals surface area contributed by atoms with Gasteiger partial charge in [-0.25, -0.2) is 0 Å². The van der Waals surface area contributed by atoms with Gasteiger partial charge < -0.3 is 16.2 Å². The molecule has 3 aromatic carbocycles. The summed E-state index contributed by atoms with van der Waals surface area (Å²) in [6.45, 7) is 0. The van der Waals surface area contributed by atoms with Crippen molar-refractivity contribution in [2.45, 2.75) is 0 Å². The van der Waals surface area contributed by atoms with Crippen LogP contribution in [0, 0.1) is 0 Å². The zero-order valence-electron chi connectivity index (χ0n) is 11.5. The minimum Gasteiger partial charge on any atom is -0.457 e. The molecule has 0 atom stereocenters. The van der Waals surface area contributed by atoms with Crippen molar-refractivity contribution in [2.75, 3.05) is 11.5 Å². The molecule has 0 radical (unpaired) electrons. The predicted molar refractivity (Wildman–Crippen MR) is 87.2 cm³/mol. The van der Waals surface area contributed by atoms with Gasteiger partial charge in [-0.2, -0.15) is 0 Å². The topological polar surface area (TPSA) is 61.3 Å². The van der Waals surface area contributed by atoms with Gasteiger partial charge in [0.05, 0.1) is 0 Å². The third-order valence-electron chi connectivity index (χ3n) is 3.22. The Balaban J connectivity index is 1.86. The summed E-state index contributed by atoms with van der Waals surface area (Å²) in [6, 6.07) is 23.0. The largest absolute Gasteiger partial charge is 0.457 e. The van der Waals surface area contributed by atoms with Crippen LogP contribution in [-0.2, 0) is 0 Å². The molecule has 0 saturated heterocycles. The lowest BCUT2D eigenvalue weighted by Crippen LogP contribution is -1.92. The van der Waals surface area contributed by atoms with Crippen LogP contribution >= 0.6 is 0 Å². The van der Waals surface area contributed by atoms with Crippen LogP contribution in [0.25, 0.3) is 11.1 Å². The molecule has 0 fully saturated rings. The van der Waals surface area contributed by atoms with E-state index in [1.165, 1.54) is 0 Å². The predicted octanol–water partition coefficient (Wildman–Crippen LogP) is 4.31. The first-order valence-corrected chi connectivity index (χ1v) is 6.71. The van der Waals surface area contributed by atoms with Crippen LogP contribution in [0.2, 0.25) is 0 Å². The molecule has 4 N–H and O–H groups in total. The Morgan fingerprint density at radius 1 is 0.667 bits per heavy atom. The van der Waals surface area contributed by atoms with Crippen molar-refractivity contribution < 1.29 is 4.74 Å². The Labute approximate surface area is 123 Å². The first-order valence-electron chi connectivity index (χ1n) is 6.71. The lowest BCUT2D eigenvalue weighted by Gasteiger charge is -2.10. The zero-order chi connectivity index (χ0) is 14.7. The lowest BCUT2D eigenvalue weighted by atomic mass is 10.0. The first-order chi connectivity index (χ1) is 10.2. The van der Waals surface area contributed by atoms with E-state index >= 15 is 0 Å². The lowest BCUT2D eigenvalue weighted by molar-refractivity contribution is 0.483. The molecule has 0 aromatic heterocycles. The smallest absolute Gasteiger partial charge is 0.129 e. The number of rotatable bonds is 3. The summed E-state index contributed by atoms with van der Waals surface area (Å²) in [4.78, 5) is 0. The van der Waals surface area contributed by atoms with E-state index < -0.39 is 0 Å². The minimum atomic E-state index is 0.689. The number of benzene rings is 3. The molecule has 0 heterocycles. The molecule has 3 rings (SSSR count). The van der Waals surface area contributed by atoms with Crippen LogP contribution in [0.4, 0.5) is 11.4 Å². The third kappa shape index (κ3) is 2.98. The summed E-state index contributed by atoms with van der Waals surface area (Å²) >= 11 is 0. The van der Waals surface area contributed by atoms with E-state index in [4.69, 9.17) is 16.2 Å². The third-order valence-corrected chi connectivity index (χ3v) is 3.22. The van der Waals surface area contributed by atoms with Gasteiger partial charge in [0, 0.05) is 23.0 Å². The maximum Gasteiger partial charge on any atom is 0.129 e. The van der Waals surface area contributed by atoms with Gasteiger partial charge in [0.2, 0.25) is 0 Å². The molecule has 0 aliphatic rings. The number of anilines is 2. The Kier molecular flexibility index (Phi) is 3.48. The summed E-state index contributed by atoms with van der Waals surface area (Å²) in [5.41, 5.74) is 15.3. The van der Waals surface area contributed by atoms with Crippen molar-refractivity contribution >= 4 is 11.4 Å². The van der Waals surface area contributed by atoms with Gasteiger partial charge in [0.15, 0.2) is 0 Å². The summed E-state index contributed by atoms with van der Waals surface area (Å²) in [6.07, 6.45) is 0. The van der Waals surface area contributed by atoms with Crippen LogP contribution in [0.15, 0.2) is 72.8 Å². The van der Waals surface area contributed by atoms with E-state index in [9.17, 15) is 0 Å². The number of hydrogen-bond acceptors (Lipinski definition) is 3. The number of nitrogens with two attached hydrogens (primary N) is 2. The van der Waals surface area contributed by atoms with Crippen LogP contribution in [-0.4, -0.2) is 0 Å². The molecular formula is C18H16N2O. The maximum atomic E-state index is 6.13. The van der Waals surface area contributed by atoms with Crippen LogP contribution in [0.3, 0.4) is 0 Å². The fourth-order valence-corrected chi connectivity index (χ4v) is 2.16. The van der Waals surface area contributed by atoms with Gasteiger partial charge >= 0.3 is 0 Å². The van der Waals surface area contributed by atoms with Crippen LogP contribution in [0.1, 0.15) is 0 Å². The summed E-state index contributed by atoms with van der Waals surface area (Å²) in [5, 5.41) is 0. The first kappa shape index (κ1) is 13.1. The normalized spacial score (nSPS) is 10.3. The van der Waals surface area contributed by atoms with Crippen molar-refractivity contribution in [1.29, 1.82) is 0 Å². The van der Waals surface area contributed by atoms with Crippen molar-refractivity contribution in [3.8, 4) is 22.6 Å². The van der Waals surface area contributed by atoms with Gasteiger partial charge in [-0.1, -0.05) is 30.3 Å². The number of nitrogen functional groups attached to an aromatic ring is 2. The summed E-state index contributed by atoms with van der Waals surface area (Å²) in [7, 11) is 0. The minimum absolute atomic E-state index is 0.689. The zero-order valence-corrected chi connectivity index (χ0v) is 11.5. The SMILES string of the molecule is Nc1ccc(Oc2ccc(-c3ccccc3)c(N)c2)cc1. The molecule has 0 amide bonds. The van der Waals surface area contributed by atoms with E-state index in [0.29, 0.717) is 17.1 Å². The maximum absolute atomic E-state index is 6.13. The molecule has 0 aliphatic heterocycles. The van der Waals surface area contributed by atoms with E-state index in [2.05, 4.69) is 0 Å². The van der Waals surface area contributed by atoms with Gasteiger partial charge in [-0.05, 0) is 42.0 Å². The summed E-state index contributed by atoms with van der Waals surface area (Å²) in [5.74, 6) is 1.44. The van der Waals surface area contributed by atoms with E-state index in [-0.39, 0.29) is 0 Å². The highest BCUT2D eigenvalue weighted by Gasteiger charge is 2.05. The molecule has 3 heteroatoms. The van der Waals surface area contributed by atoms with E-state index in [0.717, 1.165) is 16.9 Å². The van der Waals surface area contributed by atoms with Crippen LogP contribution < -0.4 is 16.2 Å². The highest BCUT2D eigenvalue weighted by Crippen LogP contribution is 2.31. The molecular weight excluding hydrogens is 260 g/mol. The van der Waals surface area contributed by atoms with Gasteiger partial charge in [-0.3, -0.25) is 0 Å². The van der Waals surface area contributed by atoms with E-state index in [1.54, 1.807) is 12.1 Å². The second kappa shape index (κ2) is 5.59. The fraction of sp³-hybridized carbons (Fsp3) is 0. The van der Waals surface area contributed by atoms with Crippen molar-refractivity contribution in [3.63, 3.8) is 0 Å². The monoisotopic (exact) mass is 276 g/mol. The Morgan fingerprint density at radius 3 is 2.00 bits per heavy atom. The Morgan fingerprint density at radius 2 is 1.33 bits per heavy atom. The van der Waals surface area contributed by atoms with Gasteiger partial charge in [-0.15, -0.1) is 0 Å². The second-order valence-corrected chi connectivity index (χ2v) is 4.79. The second-order valence-electron chi connectivity index (χ2n) is 4.79. The molecule has 0 bridgehead atoms. The fourth-order valence-electron chi connectivity index (χ4n) is 2.16. The quantitative estimate of drug-likeness (QED) is 0.701. The van der Waals surface area contributed by atoms with E-state index in [1.807, 2.05) is 60.7 Å². The highest BCUT2D eigenvalue weighted by molar-refractivity contribution is 5.77. The Hall–Kier alpha value is -2.94. The number of hydrogen-bond donors (Lipinski definition) is 2. The summed E-state index contributed by atoms with van der Waals surface area (Å²) < 4.78 is 5.77. The standard InChI is InChI=1S/C18H16N2O/c19-14-6-8-15(9-7-14)21-16-10-11-17(18(20)12-16)13-4-2-1-3-5-13/h1-12H,19-20H2. The molecule has 104 valence electrons. The molecule has 0 unspecified atom stereocenters. The highest BCUT2D eigenvalue weighted by atomic mass is 16.5. The molecule has 3 aromatic rings. The van der Waals surface area contributed by atoms with Crippen molar-refractivity contribution in [2.24, 2.45) is 0 Å². The molecule has 0 spiro atoms. The average molecular weight is 276 g/mol. The molecule has 3 nitrogen and oxygen atoms in total.